The Labute approximate surface area is 116 Å². The van der Waals surface area contributed by atoms with Gasteiger partial charge in [-0.25, -0.2) is 0 Å². The van der Waals surface area contributed by atoms with Crippen molar-refractivity contribution in [3.05, 3.63) is 70.4 Å². The number of rotatable bonds is 2. The number of aliphatic hydroxyl groups excluding tert-OH is 1. The van der Waals surface area contributed by atoms with Crippen molar-refractivity contribution in [1.82, 2.24) is 0 Å². The van der Waals surface area contributed by atoms with Crippen LogP contribution in [-0.2, 0) is 0 Å². The minimum atomic E-state index is -0.773. The summed E-state index contributed by atoms with van der Waals surface area (Å²) in [7, 11) is 0. The summed E-state index contributed by atoms with van der Waals surface area (Å²) in [6.45, 7) is 1.97. The van der Waals surface area contributed by atoms with Crippen LogP contribution < -0.4 is 0 Å². The molecule has 96 valence electrons. The van der Waals surface area contributed by atoms with Crippen LogP contribution in [0.5, 0.6) is 0 Å². The van der Waals surface area contributed by atoms with Crippen LogP contribution in [0.3, 0.4) is 0 Å². The molecule has 0 aliphatic carbocycles. The summed E-state index contributed by atoms with van der Waals surface area (Å²) in [6, 6.07) is 15.1. The molecule has 3 heteroatoms. The summed E-state index contributed by atoms with van der Waals surface area (Å²) in [5.74, 6) is 0.511. The van der Waals surface area contributed by atoms with E-state index in [1.165, 1.54) is 0 Å². The van der Waals surface area contributed by atoms with Gasteiger partial charge >= 0.3 is 0 Å². The highest BCUT2D eigenvalue weighted by molar-refractivity contribution is 6.34. The number of aryl methyl sites for hydroxylation is 1. The third-order valence-electron chi connectivity index (χ3n) is 3.27. The highest BCUT2D eigenvalue weighted by Gasteiger charge is 2.17. The molecule has 0 amide bonds. The Hall–Kier alpha value is -1.77. The van der Waals surface area contributed by atoms with Crippen LogP contribution in [0, 0.1) is 6.92 Å². The molecule has 2 nitrogen and oxygen atoms in total. The van der Waals surface area contributed by atoms with Gasteiger partial charge < -0.3 is 9.52 Å². The van der Waals surface area contributed by atoms with E-state index in [0.29, 0.717) is 16.4 Å². The molecule has 0 fully saturated rings. The van der Waals surface area contributed by atoms with Crippen molar-refractivity contribution < 1.29 is 9.52 Å². The van der Waals surface area contributed by atoms with Crippen LogP contribution in [0.4, 0.5) is 0 Å². The van der Waals surface area contributed by atoms with E-state index in [1.54, 1.807) is 6.07 Å². The van der Waals surface area contributed by atoms with E-state index in [2.05, 4.69) is 0 Å². The first-order valence-electron chi connectivity index (χ1n) is 6.08. The van der Waals surface area contributed by atoms with Crippen LogP contribution in [0.15, 0.2) is 52.9 Å². The van der Waals surface area contributed by atoms with Crippen molar-refractivity contribution in [3.8, 4) is 0 Å². The first-order valence-corrected chi connectivity index (χ1v) is 6.46. The summed E-state index contributed by atoms with van der Waals surface area (Å²) in [4.78, 5) is 0. The fourth-order valence-corrected chi connectivity index (χ4v) is 2.45. The maximum atomic E-state index is 10.4. The predicted molar refractivity (Wildman–Crippen MR) is 76.5 cm³/mol. The normalized spacial score (nSPS) is 12.8. The van der Waals surface area contributed by atoms with Gasteiger partial charge in [0.05, 0.1) is 5.02 Å². The lowest BCUT2D eigenvalue weighted by atomic mass is 10.0. The van der Waals surface area contributed by atoms with Gasteiger partial charge in [0.15, 0.2) is 5.58 Å². The average molecular weight is 273 g/mol. The molecular weight excluding hydrogens is 260 g/mol. The molecule has 0 saturated heterocycles. The lowest BCUT2D eigenvalue weighted by molar-refractivity contribution is 0.191. The molecule has 1 aromatic heterocycles. The molecule has 1 atom stereocenters. The Balaban J connectivity index is 2.10. The second kappa shape index (κ2) is 4.72. The fourth-order valence-electron chi connectivity index (χ4n) is 2.23. The van der Waals surface area contributed by atoms with Crippen LogP contribution in [0.2, 0.25) is 5.02 Å². The molecule has 0 saturated carbocycles. The first kappa shape index (κ1) is 12.3. The molecule has 1 N–H and O–H groups in total. The average Bonchev–Trinajstić information content (AvgIpc) is 2.84. The van der Waals surface area contributed by atoms with Crippen molar-refractivity contribution in [2.75, 3.05) is 0 Å². The summed E-state index contributed by atoms with van der Waals surface area (Å²) in [6.07, 6.45) is -0.773. The van der Waals surface area contributed by atoms with Crippen LogP contribution in [0.25, 0.3) is 11.0 Å². The summed E-state index contributed by atoms with van der Waals surface area (Å²) in [5.41, 5.74) is 2.49. The molecule has 1 unspecified atom stereocenters. The van der Waals surface area contributed by atoms with E-state index in [4.69, 9.17) is 16.0 Å². The Morgan fingerprint density at radius 1 is 1.11 bits per heavy atom. The molecule has 0 bridgehead atoms. The quantitative estimate of drug-likeness (QED) is 0.746. The van der Waals surface area contributed by atoms with E-state index in [9.17, 15) is 5.11 Å². The van der Waals surface area contributed by atoms with Gasteiger partial charge in [-0.2, -0.15) is 0 Å². The number of furan rings is 1. The zero-order chi connectivity index (χ0) is 13.4. The fraction of sp³-hybridized carbons (Fsp3) is 0.125. The van der Waals surface area contributed by atoms with Crippen LogP contribution >= 0.6 is 11.6 Å². The SMILES string of the molecule is Cc1ccccc1C(O)c1cc2cccc(Cl)c2o1. The van der Waals surface area contributed by atoms with Crippen molar-refractivity contribution in [2.24, 2.45) is 0 Å². The van der Waals surface area contributed by atoms with Gasteiger partial charge in [0.25, 0.3) is 0 Å². The number of halogens is 1. The predicted octanol–water partition coefficient (Wildman–Crippen LogP) is 4.48. The Morgan fingerprint density at radius 2 is 1.89 bits per heavy atom. The Bertz CT molecular complexity index is 730. The maximum absolute atomic E-state index is 10.4. The number of aliphatic hydroxyl groups is 1. The maximum Gasteiger partial charge on any atom is 0.153 e. The number of hydrogen-bond donors (Lipinski definition) is 1. The third kappa shape index (κ3) is 2.14. The number of hydrogen-bond acceptors (Lipinski definition) is 2. The second-order valence-electron chi connectivity index (χ2n) is 4.57. The molecule has 2 aromatic carbocycles. The Morgan fingerprint density at radius 3 is 2.63 bits per heavy atom. The lowest BCUT2D eigenvalue weighted by Gasteiger charge is -2.10. The number of para-hydroxylation sites is 1. The standard InChI is InChI=1S/C16H13ClO2/c1-10-5-2-3-7-12(10)15(18)14-9-11-6-4-8-13(17)16(11)19-14/h2-9,15,18H,1H3. The monoisotopic (exact) mass is 272 g/mol. The summed E-state index contributed by atoms with van der Waals surface area (Å²) >= 11 is 6.08. The van der Waals surface area contributed by atoms with Crippen molar-refractivity contribution in [3.63, 3.8) is 0 Å². The smallest absolute Gasteiger partial charge is 0.153 e. The molecule has 0 spiro atoms. The van der Waals surface area contributed by atoms with Gasteiger partial charge in [-0.15, -0.1) is 0 Å². The third-order valence-corrected chi connectivity index (χ3v) is 3.57. The number of benzene rings is 2. The molecule has 3 rings (SSSR count). The van der Waals surface area contributed by atoms with Crippen molar-refractivity contribution in [2.45, 2.75) is 13.0 Å². The van der Waals surface area contributed by atoms with E-state index < -0.39 is 6.10 Å². The molecule has 0 aliphatic rings. The van der Waals surface area contributed by atoms with E-state index in [-0.39, 0.29) is 0 Å². The lowest BCUT2D eigenvalue weighted by Crippen LogP contribution is -2.00. The van der Waals surface area contributed by atoms with E-state index in [0.717, 1.165) is 16.5 Å². The minimum absolute atomic E-state index is 0.511. The van der Waals surface area contributed by atoms with Crippen molar-refractivity contribution >= 4 is 22.6 Å². The largest absolute Gasteiger partial charge is 0.456 e. The molecular formula is C16H13ClO2. The summed E-state index contributed by atoms with van der Waals surface area (Å²) in [5, 5.41) is 11.9. The topological polar surface area (TPSA) is 33.4 Å². The minimum Gasteiger partial charge on any atom is -0.456 e. The molecule has 0 aliphatic heterocycles. The Kier molecular flexibility index (Phi) is 3.05. The molecule has 3 aromatic rings. The van der Waals surface area contributed by atoms with Gasteiger partial charge in [-0.05, 0) is 30.2 Å². The van der Waals surface area contributed by atoms with Crippen LogP contribution in [0.1, 0.15) is 23.0 Å². The zero-order valence-electron chi connectivity index (χ0n) is 10.4. The van der Waals surface area contributed by atoms with Gasteiger partial charge in [-0.1, -0.05) is 48.0 Å². The highest BCUT2D eigenvalue weighted by Crippen LogP contribution is 2.32. The van der Waals surface area contributed by atoms with E-state index >= 15 is 0 Å². The second-order valence-corrected chi connectivity index (χ2v) is 4.97. The van der Waals surface area contributed by atoms with Gasteiger partial charge in [0.1, 0.15) is 11.9 Å². The van der Waals surface area contributed by atoms with Gasteiger partial charge in [-0.3, -0.25) is 0 Å². The summed E-state index contributed by atoms with van der Waals surface area (Å²) < 4.78 is 5.69. The number of fused-ring (bicyclic) bond motifs is 1. The molecule has 0 radical (unpaired) electrons. The molecule has 1 heterocycles. The van der Waals surface area contributed by atoms with E-state index in [1.807, 2.05) is 49.4 Å². The zero-order valence-corrected chi connectivity index (χ0v) is 11.2. The highest BCUT2D eigenvalue weighted by atomic mass is 35.5. The molecule has 19 heavy (non-hydrogen) atoms. The van der Waals surface area contributed by atoms with Crippen molar-refractivity contribution in [1.29, 1.82) is 0 Å². The van der Waals surface area contributed by atoms with Gasteiger partial charge in [0.2, 0.25) is 0 Å². The van der Waals surface area contributed by atoms with Crippen LogP contribution in [-0.4, -0.2) is 5.11 Å². The first-order chi connectivity index (χ1) is 9.16. The van der Waals surface area contributed by atoms with Gasteiger partial charge in [0, 0.05) is 5.39 Å².